The Hall–Kier alpha value is -2.87. The molecule has 0 N–H and O–H groups in total. The van der Waals surface area contributed by atoms with Crippen molar-refractivity contribution in [2.24, 2.45) is 0 Å². The van der Waals surface area contributed by atoms with Crippen LogP contribution in [0.5, 0.6) is 0 Å². The van der Waals surface area contributed by atoms with Crippen molar-refractivity contribution in [2.45, 2.75) is 45.1 Å². The van der Waals surface area contributed by atoms with Crippen LogP contribution < -0.4 is 0 Å². The smallest absolute Gasteiger partial charge is 0.257 e. The second kappa shape index (κ2) is 8.65. The molecule has 0 bridgehead atoms. The van der Waals surface area contributed by atoms with Gasteiger partial charge in [0.2, 0.25) is 11.8 Å². The Balaban J connectivity index is 1.40. The number of ketones is 1. The van der Waals surface area contributed by atoms with Crippen LogP contribution in [0.3, 0.4) is 0 Å². The third kappa shape index (κ3) is 4.42. The van der Waals surface area contributed by atoms with Crippen LogP contribution in [0, 0.1) is 0 Å². The van der Waals surface area contributed by atoms with E-state index in [1.807, 2.05) is 23.1 Å². The molecule has 0 unspecified atom stereocenters. The van der Waals surface area contributed by atoms with E-state index in [4.69, 9.17) is 4.42 Å². The minimum atomic E-state index is 0.00979. The molecular formula is C21H22N4O3S. The molecule has 0 spiro atoms. The lowest BCUT2D eigenvalue weighted by molar-refractivity contribution is -0.135. The molecular weight excluding hydrogens is 388 g/mol. The molecule has 3 aromatic rings. The van der Waals surface area contributed by atoms with Gasteiger partial charge in [0, 0.05) is 25.6 Å². The first kappa shape index (κ1) is 19.4. The lowest BCUT2D eigenvalue weighted by Gasteiger charge is -2.35. The number of pyridine rings is 1. The Bertz CT molecular complexity index is 998. The van der Waals surface area contributed by atoms with Gasteiger partial charge >= 0.3 is 0 Å². The summed E-state index contributed by atoms with van der Waals surface area (Å²) in [7, 11) is 0. The average Bonchev–Trinajstić information content (AvgIpc) is 3.42. The first-order chi connectivity index (χ1) is 14.1. The topological polar surface area (TPSA) is 89.2 Å². The van der Waals surface area contributed by atoms with Crippen molar-refractivity contribution < 1.29 is 14.0 Å². The number of amides is 1. The van der Waals surface area contributed by atoms with E-state index in [2.05, 4.69) is 15.2 Å². The van der Waals surface area contributed by atoms with Gasteiger partial charge in [-0.2, -0.15) is 0 Å². The average molecular weight is 410 g/mol. The van der Waals surface area contributed by atoms with Crippen LogP contribution in [0.15, 0.2) is 40.9 Å². The summed E-state index contributed by atoms with van der Waals surface area (Å²) in [4.78, 5) is 32.1. The van der Waals surface area contributed by atoms with Crippen LogP contribution in [0.2, 0.25) is 0 Å². The molecule has 0 aromatic carbocycles. The summed E-state index contributed by atoms with van der Waals surface area (Å²) in [6, 6.07) is 9.42. The van der Waals surface area contributed by atoms with Crippen LogP contribution in [-0.2, 0) is 11.2 Å². The quantitative estimate of drug-likeness (QED) is 0.569. The maximum atomic E-state index is 12.9. The van der Waals surface area contributed by atoms with E-state index in [0.717, 1.165) is 36.4 Å². The molecule has 1 aliphatic rings. The van der Waals surface area contributed by atoms with Crippen molar-refractivity contribution in [3.05, 3.63) is 53.0 Å². The van der Waals surface area contributed by atoms with E-state index in [0.29, 0.717) is 29.5 Å². The summed E-state index contributed by atoms with van der Waals surface area (Å²) in [5.74, 6) is 0.900. The van der Waals surface area contributed by atoms with E-state index in [-0.39, 0.29) is 17.7 Å². The first-order valence-corrected chi connectivity index (χ1v) is 10.6. The monoisotopic (exact) mass is 410 g/mol. The molecule has 1 aliphatic heterocycles. The van der Waals surface area contributed by atoms with Crippen molar-refractivity contribution in [1.82, 2.24) is 20.1 Å². The fourth-order valence-electron chi connectivity index (χ4n) is 3.56. The Morgan fingerprint density at radius 3 is 2.86 bits per heavy atom. The van der Waals surface area contributed by atoms with Crippen molar-refractivity contribution in [3.63, 3.8) is 0 Å². The zero-order chi connectivity index (χ0) is 20.2. The van der Waals surface area contributed by atoms with E-state index in [1.54, 1.807) is 18.3 Å². The molecule has 4 heterocycles. The lowest BCUT2D eigenvalue weighted by atomic mass is 9.98. The molecule has 0 aliphatic carbocycles. The highest BCUT2D eigenvalue weighted by Gasteiger charge is 2.28. The van der Waals surface area contributed by atoms with Crippen LogP contribution in [0.4, 0.5) is 0 Å². The molecule has 150 valence electrons. The van der Waals surface area contributed by atoms with Gasteiger partial charge in [-0.3, -0.25) is 14.6 Å². The highest BCUT2D eigenvalue weighted by atomic mass is 32.1. The van der Waals surface area contributed by atoms with Gasteiger partial charge in [-0.1, -0.05) is 6.07 Å². The van der Waals surface area contributed by atoms with E-state index >= 15 is 0 Å². The summed E-state index contributed by atoms with van der Waals surface area (Å²) in [5, 5.41) is 8.12. The van der Waals surface area contributed by atoms with Gasteiger partial charge in [0.05, 0.1) is 21.5 Å². The Morgan fingerprint density at radius 1 is 1.21 bits per heavy atom. The van der Waals surface area contributed by atoms with Gasteiger partial charge in [-0.15, -0.1) is 21.5 Å². The van der Waals surface area contributed by atoms with E-state index in [1.165, 1.54) is 18.3 Å². The summed E-state index contributed by atoms with van der Waals surface area (Å²) < 4.78 is 5.71. The summed E-state index contributed by atoms with van der Waals surface area (Å²) in [5.41, 5.74) is 0.944. The Kier molecular flexibility index (Phi) is 5.80. The molecule has 3 aromatic heterocycles. The molecule has 1 fully saturated rings. The number of hydrogen-bond donors (Lipinski definition) is 0. The number of piperidine rings is 1. The standard InChI is InChI=1S/C21H22N4O3S/c1-14(26)17-8-9-18(29-17)21-24-23-19(28-21)10-11-20(27)25-13-5-3-7-16(25)15-6-2-4-12-22-15/h2,4,6,8-9,12,16H,3,5,7,10-11,13H2,1H3/t16-/m1/s1. The third-order valence-corrected chi connectivity index (χ3v) is 6.21. The molecule has 7 nitrogen and oxygen atoms in total. The fourth-order valence-corrected chi connectivity index (χ4v) is 4.39. The highest BCUT2D eigenvalue weighted by Crippen LogP contribution is 2.31. The predicted octanol–water partition coefficient (Wildman–Crippen LogP) is 4.08. The number of likely N-dealkylation sites (tertiary alicyclic amines) is 1. The Morgan fingerprint density at radius 2 is 2.10 bits per heavy atom. The number of thiophene rings is 1. The molecule has 1 amide bonds. The number of Topliss-reactive ketones (excluding diaryl/α,β-unsaturated/α-hetero) is 1. The van der Waals surface area contributed by atoms with Gasteiger partial charge < -0.3 is 9.32 Å². The normalized spacial score (nSPS) is 16.7. The van der Waals surface area contributed by atoms with Gasteiger partial charge in [-0.25, -0.2) is 0 Å². The molecule has 4 rings (SSSR count). The molecule has 29 heavy (non-hydrogen) atoms. The zero-order valence-electron chi connectivity index (χ0n) is 16.2. The van der Waals surface area contributed by atoms with E-state index in [9.17, 15) is 9.59 Å². The maximum Gasteiger partial charge on any atom is 0.257 e. The van der Waals surface area contributed by atoms with Gasteiger partial charge in [0.25, 0.3) is 5.89 Å². The second-order valence-electron chi connectivity index (χ2n) is 7.07. The summed E-state index contributed by atoms with van der Waals surface area (Å²) >= 11 is 1.32. The minimum absolute atomic E-state index is 0.00979. The van der Waals surface area contributed by atoms with Crippen LogP contribution in [0.1, 0.15) is 59.9 Å². The second-order valence-corrected chi connectivity index (χ2v) is 8.16. The molecule has 0 saturated carbocycles. The number of hydrogen-bond acceptors (Lipinski definition) is 7. The fraction of sp³-hybridized carbons (Fsp3) is 0.381. The molecule has 0 radical (unpaired) electrons. The summed E-state index contributed by atoms with van der Waals surface area (Å²) in [6.07, 6.45) is 5.52. The van der Waals surface area contributed by atoms with E-state index < -0.39 is 0 Å². The Labute approximate surface area is 172 Å². The third-order valence-electron chi connectivity index (χ3n) is 5.04. The van der Waals surface area contributed by atoms with Crippen molar-refractivity contribution in [1.29, 1.82) is 0 Å². The predicted molar refractivity (Wildman–Crippen MR) is 108 cm³/mol. The van der Waals surface area contributed by atoms with Gasteiger partial charge in [0.15, 0.2) is 5.78 Å². The highest BCUT2D eigenvalue weighted by molar-refractivity contribution is 7.17. The van der Waals surface area contributed by atoms with Crippen LogP contribution >= 0.6 is 11.3 Å². The summed E-state index contributed by atoms with van der Waals surface area (Å²) in [6.45, 7) is 2.28. The largest absolute Gasteiger partial charge is 0.420 e. The minimum Gasteiger partial charge on any atom is -0.420 e. The number of nitrogens with zero attached hydrogens (tertiary/aromatic N) is 4. The lowest BCUT2D eigenvalue weighted by Crippen LogP contribution is -2.39. The van der Waals surface area contributed by atoms with Crippen LogP contribution in [0.25, 0.3) is 10.8 Å². The van der Waals surface area contributed by atoms with Crippen molar-refractivity contribution in [3.8, 4) is 10.8 Å². The molecule has 1 saturated heterocycles. The number of aryl methyl sites for hydroxylation is 1. The molecule has 1 atom stereocenters. The molecule has 8 heteroatoms. The van der Waals surface area contributed by atoms with Crippen LogP contribution in [-0.4, -0.2) is 38.3 Å². The maximum absolute atomic E-state index is 12.9. The van der Waals surface area contributed by atoms with Gasteiger partial charge in [0.1, 0.15) is 0 Å². The first-order valence-electron chi connectivity index (χ1n) is 9.76. The van der Waals surface area contributed by atoms with Crippen molar-refractivity contribution >= 4 is 23.0 Å². The number of carbonyl (C=O) groups is 2. The zero-order valence-corrected chi connectivity index (χ0v) is 17.0. The number of aromatic nitrogens is 3. The van der Waals surface area contributed by atoms with Crippen molar-refractivity contribution in [2.75, 3.05) is 6.54 Å². The number of carbonyl (C=O) groups excluding carboxylic acids is 2. The SMILES string of the molecule is CC(=O)c1ccc(-c2nnc(CCC(=O)N3CCCC[C@@H]3c3ccccn3)o2)s1. The number of rotatable bonds is 6. The van der Waals surface area contributed by atoms with Gasteiger partial charge in [-0.05, 0) is 50.5 Å².